The van der Waals surface area contributed by atoms with E-state index in [2.05, 4.69) is 95.3 Å². The van der Waals surface area contributed by atoms with Crippen molar-refractivity contribution in [1.29, 1.82) is 10.8 Å². The smallest absolute Gasteiger partial charge is 0.305 e. The van der Waals surface area contributed by atoms with Crippen LogP contribution in [0, 0.1) is 22.7 Å². The summed E-state index contributed by atoms with van der Waals surface area (Å²) in [5, 5.41) is 76.3. The Morgan fingerprint density at radius 2 is 0.983 bits per heavy atom. The lowest BCUT2D eigenvalue weighted by atomic mass is 9.99. The number of nitrogens with one attached hydrogen (secondary N) is 18. The van der Waals surface area contributed by atoms with Crippen molar-refractivity contribution in [3.05, 3.63) is 113 Å². The molecule has 25 N–H and O–H groups in total. The molecule has 13 amide bonds. The fraction of sp³-hybridized carbons (Fsp3) is 0.461. The lowest BCUT2D eigenvalue weighted by Gasteiger charge is -2.27. The Balaban J connectivity index is 1.08. The molecular formula is C76H104N22O22S. The summed E-state index contributed by atoms with van der Waals surface area (Å²) in [6, 6.07) is 7.97. The molecule has 2 saturated heterocycles. The minimum absolute atomic E-state index is 0.000184. The lowest BCUT2D eigenvalue weighted by molar-refractivity contribution is -0.141. The molecule has 3 heterocycles. The molecule has 2 aliphatic heterocycles. The SMILES string of the molecule is CC(C)[C@@H]1NC(=O)[C@@H](Cc2ccc(OCCCNC(=O)CC[C@H](NC(=O)c3ccc(N/N=C/c4ccccc4S(=O)(=O)O)nc3)C(=O)NCCCOc3ccc(C[C@H]4NC(=O)[C@H](CC(=O)O)NC(=O)CNC(=O)[C@H](CCCNC(=N)N)NC(=O)[C@H](C(C)C)NC4=O)cc3)cc2)NC(=O)[C@H](CC(=O)O)NC(=O)CNC(=O)[C@H](CCCNC(=N)N)NC1=O. The number of hydrogen-bond donors (Lipinski definition) is 23. The predicted molar refractivity (Wildman–Crippen MR) is 433 cm³/mol. The van der Waals surface area contributed by atoms with Gasteiger partial charge in [0.25, 0.3) is 16.0 Å². The van der Waals surface area contributed by atoms with Crippen LogP contribution < -0.4 is 106 Å². The fourth-order valence-electron chi connectivity index (χ4n) is 12.0. The molecule has 9 atom stereocenters. The second-order valence-corrected chi connectivity index (χ2v) is 30.1. The lowest BCUT2D eigenvalue weighted by Crippen LogP contribution is -2.59. The van der Waals surface area contributed by atoms with Crippen LogP contribution in [0.15, 0.2) is 101 Å². The largest absolute Gasteiger partial charge is 0.494 e. The van der Waals surface area contributed by atoms with Crippen molar-refractivity contribution in [1.82, 2.24) is 84.7 Å². The van der Waals surface area contributed by atoms with Gasteiger partial charge in [0.2, 0.25) is 70.9 Å². The summed E-state index contributed by atoms with van der Waals surface area (Å²) in [5.74, 6) is -14.9. The Kier molecular flexibility index (Phi) is 38.4. The van der Waals surface area contributed by atoms with E-state index in [9.17, 15) is 95.1 Å². The molecule has 0 unspecified atom stereocenters. The van der Waals surface area contributed by atoms with Gasteiger partial charge in [-0.05, 0) is 110 Å². The van der Waals surface area contributed by atoms with Crippen molar-refractivity contribution >= 4 is 123 Å². The molecule has 0 bridgehead atoms. The van der Waals surface area contributed by atoms with Crippen molar-refractivity contribution < 1.29 is 105 Å². The van der Waals surface area contributed by atoms with Gasteiger partial charge in [-0.3, -0.25) is 92.7 Å². The molecule has 0 aliphatic carbocycles. The second-order valence-electron chi connectivity index (χ2n) is 28.7. The first-order valence-electron chi connectivity index (χ1n) is 38.6. The zero-order valence-electron chi connectivity index (χ0n) is 66.8. The van der Waals surface area contributed by atoms with Gasteiger partial charge in [-0.1, -0.05) is 70.2 Å². The average molecular weight is 1710 g/mol. The normalized spacial score (nSPS) is 19.5. The number of aliphatic carboxylic acids is 2. The molecule has 45 heteroatoms. The molecular weight excluding hydrogens is 1610 g/mol. The number of rotatable bonds is 38. The number of carbonyl (C=O) groups excluding carboxylic acids is 13. The fourth-order valence-corrected chi connectivity index (χ4v) is 12.6. The molecule has 1 aromatic heterocycles. The predicted octanol–water partition coefficient (Wildman–Crippen LogP) is -4.17. The first kappa shape index (κ1) is 96.2. The number of amides is 13. The monoisotopic (exact) mass is 1710 g/mol. The van der Waals surface area contributed by atoms with E-state index in [1.807, 2.05) is 0 Å². The minimum atomic E-state index is -4.59. The Labute approximate surface area is 695 Å². The third kappa shape index (κ3) is 34.1. The number of carboxylic acids is 2. The number of pyridine rings is 1. The number of anilines is 1. The molecule has 2 aliphatic rings. The Morgan fingerprint density at radius 3 is 1.41 bits per heavy atom. The maximum absolute atomic E-state index is 14.2. The summed E-state index contributed by atoms with van der Waals surface area (Å²) in [6.07, 6.45) is 0.392. The minimum Gasteiger partial charge on any atom is -0.494 e. The standard InChI is InChI=1S/C76H104N22O22S/c1-41(2)63-73(114)92-49(12-7-27-83-75(77)78)67(108)86-39-59(100)89-54(35-61(102)103)69(110)94-52(71(112)96-63)33-43-15-20-47(21-16-43)119-31-9-29-81-58(99)26-24-51(91-65(106)46-19-25-57(85-37-46)98-88-38-45-11-5-6-14-56(45)121(116,117)118)66(107)82-30-10-32-120-48-22-17-44(18-23-48)34-53-72(113)97-64(42(3)4)74(115)93-50(13-8-28-84-76(79)80)68(109)87-40-60(101)90-55(36-62(104)105)70(111)95-53/h5-6,11,14-23,25,37-38,41-42,49-55,63-64H,7-10,12-13,24,26-36,39-40H2,1-4H3,(H,81,99)(H,82,107)(H,85,98)(H,86,108)(H,87,109)(H,89,100)(H,90,101)(H,91,106)(H,92,114)(H,93,115)(H,94,110)(H,95,111)(H,96,112)(H,97,113)(H,102,103)(H,104,105)(H4,77,78,83)(H4,79,80,84)(H,116,117,118)/b88-38+/t49-,50-,51-,52+,53+,54-,55-,63-,64-/m0/s1. The third-order valence-corrected chi connectivity index (χ3v) is 19.2. The van der Waals surface area contributed by atoms with Crippen LogP contribution >= 0.6 is 0 Å². The van der Waals surface area contributed by atoms with Crippen molar-refractivity contribution in [3.63, 3.8) is 0 Å². The molecule has 121 heavy (non-hydrogen) atoms. The van der Waals surface area contributed by atoms with E-state index in [0.717, 1.165) is 12.4 Å². The molecule has 3 aromatic carbocycles. The van der Waals surface area contributed by atoms with E-state index in [1.165, 1.54) is 36.4 Å². The third-order valence-electron chi connectivity index (χ3n) is 18.3. The van der Waals surface area contributed by atoms with Gasteiger partial charge < -0.3 is 111 Å². The van der Waals surface area contributed by atoms with E-state index < -0.39 is 196 Å². The van der Waals surface area contributed by atoms with E-state index in [1.54, 1.807) is 76.2 Å². The van der Waals surface area contributed by atoms with Gasteiger partial charge in [0.1, 0.15) is 76.6 Å². The highest BCUT2D eigenvalue weighted by atomic mass is 32.2. The first-order chi connectivity index (χ1) is 57.4. The summed E-state index contributed by atoms with van der Waals surface area (Å²) in [4.78, 5) is 205. The Morgan fingerprint density at radius 1 is 0.545 bits per heavy atom. The molecule has 0 radical (unpaired) electrons. The molecule has 6 rings (SSSR count). The number of carboxylic acid groups (broad SMARTS) is 2. The highest BCUT2D eigenvalue weighted by Crippen LogP contribution is 2.20. The van der Waals surface area contributed by atoms with Gasteiger partial charge in [0.05, 0.1) is 50.9 Å². The van der Waals surface area contributed by atoms with Crippen LogP contribution in [0.4, 0.5) is 5.82 Å². The number of aromatic nitrogens is 1. The van der Waals surface area contributed by atoms with E-state index in [0.29, 0.717) is 22.6 Å². The van der Waals surface area contributed by atoms with Gasteiger partial charge in [-0.25, -0.2) is 4.98 Å². The zero-order chi connectivity index (χ0) is 88.9. The van der Waals surface area contributed by atoms with Crippen LogP contribution in [0.3, 0.4) is 0 Å². The van der Waals surface area contributed by atoms with Gasteiger partial charge in [0, 0.05) is 57.2 Å². The van der Waals surface area contributed by atoms with Crippen LogP contribution in [0.5, 0.6) is 11.5 Å². The van der Waals surface area contributed by atoms with Crippen LogP contribution in [0.2, 0.25) is 0 Å². The quantitative estimate of drug-likeness (QED) is 0.00666. The maximum Gasteiger partial charge on any atom is 0.305 e. The summed E-state index contributed by atoms with van der Waals surface area (Å²) in [7, 11) is -4.59. The first-order valence-corrected chi connectivity index (χ1v) is 40.0. The number of benzene rings is 3. The van der Waals surface area contributed by atoms with Crippen molar-refractivity contribution in [3.8, 4) is 11.5 Å². The van der Waals surface area contributed by atoms with Crippen LogP contribution in [0.25, 0.3) is 0 Å². The van der Waals surface area contributed by atoms with Crippen molar-refractivity contribution in [2.24, 2.45) is 28.4 Å². The summed E-state index contributed by atoms with van der Waals surface area (Å²) < 4.78 is 45.2. The molecule has 4 aromatic rings. The summed E-state index contributed by atoms with van der Waals surface area (Å²) >= 11 is 0. The van der Waals surface area contributed by atoms with Crippen LogP contribution in [-0.4, -0.2) is 242 Å². The number of guanidine groups is 2. The van der Waals surface area contributed by atoms with E-state index in [4.69, 9.17) is 31.8 Å². The van der Waals surface area contributed by atoms with Crippen molar-refractivity contribution in [2.45, 2.75) is 164 Å². The van der Waals surface area contributed by atoms with Crippen molar-refractivity contribution in [2.75, 3.05) is 57.9 Å². The zero-order valence-corrected chi connectivity index (χ0v) is 67.6. The highest BCUT2D eigenvalue weighted by molar-refractivity contribution is 7.86. The van der Waals surface area contributed by atoms with E-state index in [-0.39, 0.29) is 132 Å². The Hall–Kier alpha value is -13.6. The van der Waals surface area contributed by atoms with Crippen LogP contribution in [-0.2, 0) is 90.1 Å². The summed E-state index contributed by atoms with van der Waals surface area (Å²) in [5.41, 5.74) is 14.3. The van der Waals surface area contributed by atoms with Gasteiger partial charge in [0.15, 0.2) is 11.9 Å². The molecule has 0 spiro atoms. The van der Waals surface area contributed by atoms with Crippen LogP contribution in [0.1, 0.15) is 119 Å². The van der Waals surface area contributed by atoms with Gasteiger partial charge in [-0.2, -0.15) is 13.5 Å². The number of hydrogen-bond acceptors (Lipinski definition) is 24. The Bertz CT molecular complexity index is 4500. The average Bonchev–Trinajstić information content (AvgIpc) is 1.48. The second kappa shape index (κ2) is 48.3. The number of nitrogens with zero attached hydrogens (tertiary/aromatic N) is 2. The molecule has 656 valence electrons. The number of ether oxygens (including phenoxy) is 2. The van der Waals surface area contributed by atoms with Gasteiger partial charge in [-0.15, -0.1) is 0 Å². The number of hydrazone groups is 1. The van der Waals surface area contributed by atoms with E-state index >= 15 is 0 Å². The highest BCUT2D eigenvalue weighted by Gasteiger charge is 2.38. The topological polar surface area (TPSA) is 687 Å². The molecule has 44 nitrogen and oxygen atoms in total. The van der Waals surface area contributed by atoms with Gasteiger partial charge >= 0.3 is 11.9 Å². The number of nitrogens with two attached hydrogens (primary N) is 2. The summed E-state index contributed by atoms with van der Waals surface area (Å²) in [6.45, 7) is 5.50. The molecule has 0 saturated carbocycles. The maximum atomic E-state index is 14.2. The molecule has 2 fully saturated rings. The number of carbonyl (C=O) groups is 15.